The first-order valence-corrected chi connectivity index (χ1v) is 3.43. The Morgan fingerprint density at radius 2 is 2.30 bits per heavy atom. The zero-order valence-electron chi connectivity index (χ0n) is 6.63. The third-order valence-electron chi connectivity index (χ3n) is 0.992. The second-order valence-electron chi connectivity index (χ2n) is 1.72. The van der Waals surface area contributed by atoms with E-state index in [4.69, 9.17) is 4.74 Å². The van der Waals surface area contributed by atoms with Crippen LogP contribution in [-0.4, -0.2) is 6.61 Å². The van der Waals surface area contributed by atoms with Gasteiger partial charge in [-0.2, -0.15) is 0 Å². The molecule has 0 rings (SSSR count). The molecule has 0 aliphatic rings. The number of allylic oxidation sites excluding steroid dienone is 4. The molecule has 0 unspecified atom stereocenters. The van der Waals surface area contributed by atoms with Crippen LogP contribution in [0.15, 0.2) is 36.6 Å². The second kappa shape index (κ2) is 6.14. The number of hydrogen-bond donors (Lipinski definition) is 0. The minimum Gasteiger partial charge on any atom is -0.494 e. The average Bonchev–Trinajstić information content (AvgIpc) is 1.98. The highest BCUT2D eigenvalue weighted by Gasteiger charge is 1.84. The minimum absolute atomic E-state index is 0.709. The van der Waals surface area contributed by atoms with Crippen LogP contribution in [0.2, 0.25) is 0 Å². The molecule has 0 radical (unpaired) electrons. The van der Waals surface area contributed by atoms with E-state index in [-0.39, 0.29) is 0 Å². The molecule has 10 heavy (non-hydrogen) atoms. The Hall–Kier alpha value is -0.980. The number of hydrogen-bond acceptors (Lipinski definition) is 1. The predicted molar refractivity (Wildman–Crippen MR) is 44.7 cm³/mol. The first-order valence-electron chi connectivity index (χ1n) is 3.43. The van der Waals surface area contributed by atoms with Crippen LogP contribution in [-0.2, 0) is 4.74 Å². The SMILES string of the molecule is C=C/C=C\C(=C/C)OCC. The molecule has 0 aliphatic carbocycles. The molecule has 56 valence electrons. The van der Waals surface area contributed by atoms with Crippen molar-refractivity contribution in [2.45, 2.75) is 13.8 Å². The van der Waals surface area contributed by atoms with Gasteiger partial charge in [-0.05, 0) is 26.0 Å². The van der Waals surface area contributed by atoms with Crippen molar-refractivity contribution >= 4 is 0 Å². The van der Waals surface area contributed by atoms with Crippen molar-refractivity contribution in [3.05, 3.63) is 36.6 Å². The smallest absolute Gasteiger partial charge is 0.115 e. The summed E-state index contributed by atoms with van der Waals surface area (Å²) in [6.45, 7) is 8.17. The molecule has 0 aliphatic heterocycles. The molecule has 0 amide bonds. The molecule has 0 aromatic carbocycles. The molecule has 1 nitrogen and oxygen atoms in total. The maximum Gasteiger partial charge on any atom is 0.115 e. The quantitative estimate of drug-likeness (QED) is 0.428. The van der Waals surface area contributed by atoms with Gasteiger partial charge >= 0.3 is 0 Å². The van der Waals surface area contributed by atoms with E-state index < -0.39 is 0 Å². The van der Waals surface area contributed by atoms with Crippen LogP contribution in [0, 0.1) is 0 Å². The average molecular weight is 138 g/mol. The molecule has 0 heterocycles. The molecule has 0 fully saturated rings. The summed E-state index contributed by atoms with van der Waals surface area (Å²) < 4.78 is 5.22. The topological polar surface area (TPSA) is 9.23 Å². The Balaban J connectivity index is 3.84. The summed E-state index contributed by atoms with van der Waals surface area (Å²) in [6.07, 6.45) is 7.38. The lowest BCUT2D eigenvalue weighted by molar-refractivity contribution is 0.242. The zero-order chi connectivity index (χ0) is 7.82. The van der Waals surface area contributed by atoms with E-state index in [1.165, 1.54) is 0 Å². The summed E-state index contributed by atoms with van der Waals surface area (Å²) in [5.74, 6) is 0.891. The molecule has 0 atom stereocenters. The molecular formula is C9H14O. The summed E-state index contributed by atoms with van der Waals surface area (Å²) in [7, 11) is 0. The molecule has 1 heteroatoms. The number of rotatable bonds is 4. The Kier molecular flexibility index (Phi) is 5.54. The largest absolute Gasteiger partial charge is 0.494 e. The van der Waals surface area contributed by atoms with E-state index in [1.807, 2.05) is 32.1 Å². The maximum absolute atomic E-state index is 5.22. The van der Waals surface area contributed by atoms with Crippen molar-refractivity contribution in [3.63, 3.8) is 0 Å². The van der Waals surface area contributed by atoms with Crippen molar-refractivity contribution < 1.29 is 4.74 Å². The third-order valence-corrected chi connectivity index (χ3v) is 0.992. The van der Waals surface area contributed by atoms with E-state index in [0.717, 1.165) is 5.76 Å². The van der Waals surface area contributed by atoms with Crippen LogP contribution < -0.4 is 0 Å². The Bertz CT molecular complexity index is 143. The van der Waals surface area contributed by atoms with Crippen LogP contribution in [0.4, 0.5) is 0 Å². The second-order valence-corrected chi connectivity index (χ2v) is 1.72. The lowest BCUT2D eigenvalue weighted by atomic mass is 10.4. The van der Waals surface area contributed by atoms with Crippen molar-refractivity contribution in [2.75, 3.05) is 6.61 Å². The normalized spacial score (nSPS) is 12.0. The molecule has 0 bridgehead atoms. The van der Waals surface area contributed by atoms with Crippen molar-refractivity contribution in [1.82, 2.24) is 0 Å². The van der Waals surface area contributed by atoms with E-state index >= 15 is 0 Å². The van der Waals surface area contributed by atoms with Crippen LogP contribution in [0.3, 0.4) is 0 Å². The molecule has 0 saturated carbocycles. The standard InChI is InChI=1S/C9H14O/c1-4-7-8-9(5-2)10-6-3/h4-5,7-8H,1,6H2,2-3H3/b8-7-,9-5+. The Labute approximate surface area is 62.7 Å². The van der Waals surface area contributed by atoms with Gasteiger partial charge < -0.3 is 4.74 Å². The first kappa shape index (κ1) is 9.02. The zero-order valence-corrected chi connectivity index (χ0v) is 6.63. The van der Waals surface area contributed by atoms with E-state index in [2.05, 4.69) is 6.58 Å². The van der Waals surface area contributed by atoms with Gasteiger partial charge in [0.05, 0.1) is 6.61 Å². The molecular weight excluding hydrogens is 124 g/mol. The Morgan fingerprint density at radius 1 is 1.60 bits per heavy atom. The van der Waals surface area contributed by atoms with Crippen molar-refractivity contribution in [1.29, 1.82) is 0 Å². The highest BCUT2D eigenvalue weighted by Crippen LogP contribution is 1.98. The molecule has 0 aromatic rings. The van der Waals surface area contributed by atoms with Crippen molar-refractivity contribution in [3.8, 4) is 0 Å². The first-order chi connectivity index (χ1) is 4.85. The van der Waals surface area contributed by atoms with Crippen LogP contribution in [0.1, 0.15) is 13.8 Å². The van der Waals surface area contributed by atoms with Gasteiger partial charge in [0.25, 0.3) is 0 Å². The lowest BCUT2D eigenvalue weighted by Gasteiger charge is -2.00. The van der Waals surface area contributed by atoms with Crippen LogP contribution in [0.25, 0.3) is 0 Å². The minimum atomic E-state index is 0.709. The van der Waals surface area contributed by atoms with Crippen molar-refractivity contribution in [2.24, 2.45) is 0 Å². The summed E-state index contributed by atoms with van der Waals surface area (Å²) in [4.78, 5) is 0. The lowest BCUT2D eigenvalue weighted by Crippen LogP contribution is -1.86. The number of ether oxygens (including phenoxy) is 1. The molecule has 0 N–H and O–H groups in total. The molecule has 0 spiro atoms. The van der Waals surface area contributed by atoms with Gasteiger partial charge in [0, 0.05) is 0 Å². The van der Waals surface area contributed by atoms with Gasteiger partial charge in [-0.3, -0.25) is 0 Å². The van der Waals surface area contributed by atoms with E-state index in [9.17, 15) is 0 Å². The van der Waals surface area contributed by atoms with Gasteiger partial charge in [0.2, 0.25) is 0 Å². The highest BCUT2D eigenvalue weighted by molar-refractivity contribution is 5.15. The predicted octanol–water partition coefficient (Wildman–Crippen LogP) is 2.67. The fraction of sp³-hybridized carbons (Fsp3) is 0.333. The van der Waals surface area contributed by atoms with E-state index in [0.29, 0.717) is 6.61 Å². The van der Waals surface area contributed by atoms with E-state index in [1.54, 1.807) is 6.08 Å². The molecule has 0 aromatic heterocycles. The summed E-state index contributed by atoms with van der Waals surface area (Å²) >= 11 is 0. The van der Waals surface area contributed by atoms with Crippen LogP contribution in [0.5, 0.6) is 0 Å². The van der Waals surface area contributed by atoms with Gasteiger partial charge in [-0.1, -0.05) is 18.7 Å². The summed E-state index contributed by atoms with van der Waals surface area (Å²) in [6, 6.07) is 0. The fourth-order valence-electron chi connectivity index (χ4n) is 0.557. The monoisotopic (exact) mass is 138 g/mol. The molecule has 0 saturated heterocycles. The summed E-state index contributed by atoms with van der Waals surface area (Å²) in [5.41, 5.74) is 0. The highest BCUT2D eigenvalue weighted by atomic mass is 16.5. The van der Waals surface area contributed by atoms with Gasteiger partial charge in [-0.15, -0.1) is 0 Å². The van der Waals surface area contributed by atoms with Crippen LogP contribution >= 0.6 is 0 Å². The van der Waals surface area contributed by atoms with Gasteiger partial charge in [-0.25, -0.2) is 0 Å². The maximum atomic E-state index is 5.22. The third kappa shape index (κ3) is 3.96. The van der Waals surface area contributed by atoms with Gasteiger partial charge in [0.15, 0.2) is 0 Å². The van der Waals surface area contributed by atoms with Gasteiger partial charge in [0.1, 0.15) is 5.76 Å². The fourth-order valence-corrected chi connectivity index (χ4v) is 0.557. The Morgan fingerprint density at radius 3 is 2.70 bits per heavy atom. The summed E-state index contributed by atoms with van der Waals surface area (Å²) in [5, 5.41) is 0.